The van der Waals surface area contributed by atoms with Gasteiger partial charge in [-0.05, 0) is 29.2 Å². The molecule has 0 aliphatic rings. The van der Waals surface area contributed by atoms with Crippen molar-refractivity contribution < 1.29 is 4.79 Å². The molecule has 0 saturated carbocycles. The standard InChI is InChI=1S/C12H10OS/c1-14-12-7-6-9(8-13)10-4-2-3-5-11(10)12/h2-8H,1H3. The van der Waals surface area contributed by atoms with Crippen molar-refractivity contribution in [2.24, 2.45) is 0 Å². The molecule has 0 saturated heterocycles. The molecule has 0 unspecified atom stereocenters. The highest BCUT2D eigenvalue weighted by Crippen LogP contribution is 2.27. The second-order valence-electron chi connectivity index (χ2n) is 3.02. The molecule has 0 aliphatic heterocycles. The van der Waals surface area contributed by atoms with E-state index in [4.69, 9.17) is 0 Å². The van der Waals surface area contributed by atoms with Gasteiger partial charge in [-0.1, -0.05) is 24.3 Å². The number of fused-ring (bicyclic) bond motifs is 1. The van der Waals surface area contributed by atoms with Gasteiger partial charge in [0.25, 0.3) is 0 Å². The molecule has 2 rings (SSSR count). The monoisotopic (exact) mass is 202 g/mol. The second-order valence-corrected chi connectivity index (χ2v) is 3.87. The molecule has 0 aromatic heterocycles. The third-order valence-corrected chi connectivity index (χ3v) is 3.06. The number of carbonyl (C=O) groups is 1. The highest BCUT2D eigenvalue weighted by Gasteiger charge is 2.03. The maximum absolute atomic E-state index is 10.8. The van der Waals surface area contributed by atoms with Crippen LogP contribution >= 0.6 is 11.8 Å². The molecule has 0 aliphatic carbocycles. The van der Waals surface area contributed by atoms with Gasteiger partial charge in [0.2, 0.25) is 0 Å². The fraction of sp³-hybridized carbons (Fsp3) is 0.0833. The number of aldehydes is 1. The number of carbonyl (C=O) groups excluding carboxylic acids is 1. The molecule has 0 N–H and O–H groups in total. The molecule has 2 aromatic carbocycles. The van der Waals surface area contributed by atoms with Crippen LogP contribution in [0.25, 0.3) is 10.8 Å². The van der Waals surface area contributed by atoms with Gasteiger partial charge in [-0.2, -0.15) is 0 Å². The molecule has 0 amide bonds. The first-order valence-electron chi connectivity index (χ1n) is 4.37. The van der Waals surface area contributed by atoms with Crippen molar-refractivity contribution in [3.8, 4) is 0 Å². The predicted molar refractivity (Wildman–Crippen MR) is 61.1 cm³/mol. The fourth-order valence-corrected chi connectivity index (χ4v) is 2.18. The van der Waals surface area contributed by atoms with Crippen molar-refractivity contribution in [2.75, 3.05) is 6.26 Å². The molecule has 2 aromatic rings. The summed E-state index contributed by atoms with van der Waals surface area (Å²) in [5.74, 6) is 0. The first kappa shape index (κ1) is 9.28. The van der Waals surface area contributed by atoms with Gasteiger partial charge in [-0.15, -0.1) is 11.8 Å². The lowest BCUT2D eigenvalue weighted by Gasteiger charge is -2.05. The first-order chi connectivity index (χ1) is 6.86. The van der Waals surface area contributed by atoms with E-state index in [9.17, 15) is 4.79 Å². The molecule has 2 heteroatoms. The van der Waals surface area contributed by atoms with Crippen molar-refractivity contribution in [2.45, 2.75) is 4.90 Å². The van der Waals surface area contributed by atoms with Crippen LogP contribution in [0.1, 0.15) is 10.4 Å². The Kier molecular flexibility index (Phi) is 2.55. The van der Waals surface area contributed by atoms with Crippen LogP contribution in [0.5, 0.6) is 0 Å². The van der Waals surface area contributed by atoms with Crippen LogP contribution in [0.15, 0.2) is 41.3 Å². The molecule has 0 fully saturated rings. The SMILES string of the molecule is CSc1ccc(C=O)c2ccccc12. The number of rotatable bonds is 2. The number of hydrogen-bond donors (Lipinski definition) is 0. The summed E-state index contributed by atoms with van der Waals surface area (Å²) in [5.41, 5.74) is 0.762. The van der Waals surface area contributed by atoms with E-state index in [-0.39, 0.29) is 0 Å². The largest absolute Gasteiger partial charge is 0.298 e. The summed E-state index contributed by atoms with van der Waals surface area (Å²) in [6.45, 7) is 0. The highest BCUT2D eigenvalue weighted by molar-refractivity contribution is 7.98. The summed E-state index contributed by atoms with van der Waals surface area (Å²) >= 11 is 1.70. The number of thioether (sulfide) groups is 1. The average molecular weight is 202 g/mol. The van der Waals surface area contributed by atoms with Crippen molar-refractivity contribution in [1.82, 2.24) is 0 Å². The zero-order chi connectivity index (χ0) is 9.97. The lowest BCUT2D eigenvalue weighted by Crippen LogP contribution is -1.84. The zero-order valence-electron chi connectivity index (χ0n) is 7.86. The van der Waals surface area contributed by atoms with E-state index in [2.05, 4.69) is 0 Å². The first-order valence-corrected chi connectivity index (χ1v) is 5.60. The van der Waals surface area contributed by atoms with Gasteiger partial charge in [0, 0.05) is 10.5 Å². The van der Waals surface area contributed by atoms with E-state index in [0.29, 0.717) is 0 Å². The Labute approximate surface area is 87.1 Å². The minimum atomic E-state index is 0.762. The molecule has 0 atom stereocenters. The normalized spacial score (nSPS) is 10.4. The molecule has 0 bridgehead atoms. The number of benzene rings is 2. The van der Waals surface area contributed by atoms with Crippen molar-refractivity contribution in [3.05, 3.63) is 42.0 Å². The second kappa shape index (κ2) is 3.84. The van der Waals surface area contributed by atoms with Crippen molar-refractivity contribution in [1.29, 1.82) is 0 Å². The van der Waals surface area contributed by atoms with E-state index >= 15 is 0 Å². The molecule has 0 spiro atoms. The summed E-state index contributed by atoms with van der Waals surface area (Å²) in [6.07, 6.45) is 2.95. The van der Waals surface area contributed by atoms with Crippen LogP contribution in [-0.4, -0.2) is 12.5 Å². The van der Waals surface area contributed by atoms with Gasteiger partial charge in [0.15, 0.2) is 6.29 Å². The van der Waals surface area contributed by atoms with Gasteiger partial charge in [-0.3, -0.25) is 4.79 Å². The van der Waals surface area contributed by atoms with E-state index in [1.165, 1.54) is 4.90 Å². The highest BCUT2D eigenvalue weighted by atomic mass is 32.2. The predicted octanol–water partition coefficient (Wildman–Crippen LogP) is 3.37. The van der Waals surface area contributed by atoms with E-state index in [0.717, 1.165) is 22.6 Å². The van der Waals surface area contributed by atoms with E-state index in [1.807, 2.05) is 42.7 Å². The van der Waals surface area contributed by atoms with E-state index < -0.39 is 0 Å². The zero-order valence-corrected chi connectivity index (χ0v) is 8.67. The Morgan fingerprint density at radius 2 is 1.79 bits per heavy atom. The topological polar surface area (TPSA) is 17.1 Å². The average Bonchev–Trinajstić information content (AvgIpc) is 2.27. The smallest absolute Gasteiger partial charge is 0.150 e. The Morgan fingerprint density at radius 3 is 2.43 bits per heavy atom. The maximum Gasteiger partial charge on any atom is 0.150 e. The van der Waals surface area contributed by atoms with Crippen LogP contribution in [0.4, 0.5) is 0 Å². The summed E-state index contributed by atoms with van der Waals surface area (Å²) in [5, 5.41) is 2.19. The van der Waals surface area contributed by atoms with Crippen molar-refractivity contribution >= 4 is 28.8 Å². The van der Waals surface area contributed by atoms with Gasteiger partial charge in [-0.25, -0.2) is 0 Å². The molecular weight excluding hydrogens is 192 g/mol. The Morgan fingerprint density at radius 1 is 1.07 bits per heavy atom. The molecule has 1 nitrogen and oxygen atoms in total. The van der Waals surface area contributed by atoms with Crippen LogP contribution in [0, 0.1) is 0 Å². The van der Waals surface area contributed by atoms with Crippen LogP contribution in [0.3, 0.4) is 0 Å². The minimum absolute atomic E-state index is 0.762. The van der Waals surface area contributed by atoms with Gasteiger partial charge >= 0.3 is 0 Å². The Balaban J connectivity index is 2.84. The summed E-state index contributed by atoms with van der Waals surface area (Å²) in [6, 6.07) is 11.9. The van der Waals surface area contributed by atoms with Crippen LogP contribution in [0.2, 0.25) is 0 Å². The quantitative estimate of drug-likeness (QED) is 0.548. The van der Waals surface area contributed by atoms with Gasteiger partial charge < -0.3 is 0 Å². The molecule has 70 valence electrons. The lowest BCUT2D eigenvalue weighted by molar-refractivity contribution is 0.112. The molecule has 14 heavy (non-hydrogen) atoms. The number of hydrogen-bond acceptors (Lipinski definition) is 2. The van der Waals surface area contributed by atoms with Gasteiger partial charge in [0.1, 0.15) is 0 Å². The third-order valence-electron chi connectivity index (χ3n) is 2.26. The van der Waals surface area contributed by atoms with E-state index in [1.54, 1.807) is 11.8 Å². The molecule has 0 radical (unpaired) electrons. The van der Waals surface area contributed by atoms with Gasteiger partial charge in [0.05, 0.1) is 0 Å². The van der Waals surface area contributed by atoms with Crippen molar-refractivity contribution in [3.63, 3.8) is 0 Å². The Hall–Kier alpha value is -1.28. The molecule has 0 heterocycles. The summed E-state index contributed by atoms with van der Waals surface area (Å²) in [7, 11) is 0. The maximum atomic E-state index is 10.8. The van der Waals surface area contributed by atoms with Crippen LogP contribution < -0.4 is 0 Å². The lowest BCUT2D eigenvalue weighted by atomic mass is 10.1. The minimum Gasteiger partial charge on any atom is -0.298 e. The summed E-state index contributed by atoms with van der Waals surface area (Å²) in [4.78, 5) is 12.0. The summed E-state index contributed by atoms with van der Waals surface area (Å²) < 4.78 is 0. The third kappa shape index (κ3) is 1.42. The molecular formula is C12H10OS. The Bertz CT molecular complexity index is 477. The van der Waals surface area contributed by atoms with Crippen LogP contribution in [-0.2, 0) is 0 Å². The fourth-order valence-electron chi connectivity index (χ4n) is 1.58.